The lowest BCUT2D eigenvalue weighted by atomic mass is 9.95. The lowest BCUT2D eigenvalue weighted by Gasteiger charge is -2.21. The van der Waals surface area contributed by atoms with E-state index in [1.165, 1.54) is 0 Å². The van der Waals surface area contributed by atoms with Gasteiger partial charge in [0.25, 0.3) is 0 Å². The fraction of sp³-hybridized carbons (Fsp3) is 0.500. The van der Waals surface area contributed by atoms with Gasteiger partial charge >= 0.3 is 6.03 Å². The zero-order valence-corrected chi connectivity index (χ0v) is 18.2. The summed E-state index contributed by atoms with van der Waals surface area (Å²) in [5, 5.41) is 15.2. The molecule has 0 spiro atoms. The molecule has 3 aliphatic rings. The smallest absolute Gasteiger partial charge is 0.317 e. The zero-order chi connectivity index (χ0) is 22.7. The second kappa shape index (κ2) is 9.43. The van der Waals surface area contributed by atoms with Crippen LogP contribution in [0.4, 0.5) is 4.79 Å². The van der Waals surface area contributed by atoms with Crippen LogP contribution in [0.25, 0.3) is 6.08 Å². The number of carbonyl (C=O) groups is 3. The average Bonchev–Trinajstić information content (AvgIpc) is 3.35. The van der Waals surface area contributed by atoms with Gasteiger partial charge in [-0.15, -0.1) is 0 Å². The molecule has 1 aliphatic heterocycles. The van der Waals surface area contributed by atoms with Gasteiger partial charge in [0.05, 0.1) is 25.1 Å². The summed E-state index contributed by atoms with van der Waals surface area (Å²) in [6.45, 7) is 1.30. The van der Waals surface area contributed by atoms with Gasteiger partial charge in [0.2, 0.25) is 5.91 Å². The first-order valence-corrected chi connectivity index (χ1v) is 11.1. The molecule has 0 bridgehead atoms. The number of fused-ring (bicyclic) bond motifs is 1. The zero-order valence-electron chi connectivity index (χ0n) is 18.2. The minimum atomic E-state index is -0.621. The number of nitriles is 1. The van der Waals surface area contributed by atoms with E-state index in [2.05, 4.69) is 16.7 Å². The second-order valence-electron chi connectivity index (χ2n) is 8.76. The molecular weight excluding hydrogens is 408 g/mol. The van der Waals surface area contributed by atoms with E-state index in [0.717, 1.165) is 29.7 Å². The molecule has 2 N–H and O–H groups in total. The molecule has 4 rings (SSSR count). The number of rotatable bonds is 10. The lowest BCUT2D eigenvalue weighted by Crippen LogP contribution is -2.43. The summed E-state index contributed by atoms with van der Waals surface area (Å²) in [5.74, 6) is 0.159. The van der Waals surface area contributed by atoms with Gasteiger partial charge in [-0.25, -0.2) is 4.79 Å². The van der Waals surface area contributed by atoms with Crippen molar-refractivity contribution in [1.29, 1.82) is 5.26 Å². The topological polar surface area (TPSA) is 112 Å². The predicted octanol–water partition coefficient (Wildman–Crippen LogP) is 2.04. The molecule has 8 heteroatoms. The van der Waals surface area contributed by atoms with E-state index in [4.69, 9.17) is 4.74 Å². The standard InChI is InChI=1S/C24H28N4O4/c1-32-22-4-2-3-17-11-18(12-19(17)22)23(30)27-20(9-15-5-6-15)21(29)10-16(13-25)14-28-8-7-26-24(28)31/h2-4,12,15-16,20H,5-11,14H2,1H3,(H,26,31)(H,27,30)/t16-,20+/m1/s1. The molecule has 3 amide bonds. The van der Waals surface area contributed by atoms with E-state index < -0.39 is 12.0 Å². The van der Waals surface area contributed by atoms with E-state index in [-0.39, 0.29) is 30.7 Å². The maximum absolute atomic E-state index is 13.1. The number of nitrogens with one attached hydrogen (secondary N) is 2. The summed E-state index contributed by atoms with van der Waals surface area (Å²) in [4.78, 5) is 39.4. The number of ketones is 1. The molecule has 0 radical (unpaired) electrons. The number of urea groups is 1. The molecule has 8 nitrogen and oxygen atoms in total. The highest BCUT2D eigenvalue weighted by Crippen LogP contribution is 2.35. The molecule has 0 aromatic heterocycles. The fourth-order valence-corrected chi connectivity index (χ4v) is 4.36. The average molecular weight is 437 g/mol. The second-order valence-corrected chi connectivity index (χ2v) is 8.76. The molecule has 2 aliphatic carbocycles. The third kappa shape index (κ3) is 4.93. The Kier molecular flexibility index (Phi) is 6.45. The largest absolute Gasteiger partial charge is 0.496 e. The Balaban J connectivity index is 1.41. The molecule has 1 saturated carbocycles. The van der Waals surface area contributed by atoms with Crippen LogP contribution >= 0.6 is 0 Å². The lowest BCUT2D eigenvalue weighted by molar-refractivity contribution is -0.126. The summed E-state index contributed by atoms with van der Waals surface area (Å²) < 4.78 is 5.39. The molecule has 168 valence electrons. The first-order valence-electron chi connectivity index (χ1n) is 11.1. The van der Waals surface area contributed by atoms with Gasteiger partial charge in [0, 0.05) is 43.6 Å². The third-order valence-corrected chi connectivity index (χ3v) is 6.34. The van der Waals surface area contributed by atoms with Gasteiger partial charge in [-0.05, 0) is 30.0 Å². The minimum absolute atomic E-state index is 0.0189. The quantitative estimate of drug-likeness (QED) is 0.583. The summed E-state index contributed by atoms with van der Waals surface area (Å²) in [5.41, 5.74) is 2.52. The SMILES string of the molecule is COc1cccc2c1C=C(C(=O)N[C@@H](CC1CC1)C(=O)C[C@H](C#N)CN1CCNC1=O)C2. The highest BCUT2D eigenvalue weighted by molar-refractivity contribution is 6.03. The van der Waals surface area contributed by atoms with Crippen LogP contribution in [0, 0.1) is 23.2 Å². The van der Waals surface area contributed by atoms with Gasteiger partial charge < -0.3 is 20.3 Å². The van der Waals surface area contributed by atoms with Crippen molar-refractivity contribution in [2.24, 2.45) is 11.8 Å². The summed E-state index contributed by atoms with van der Waals surface area (Å²) in [7, 11) is 1.60. The Bertz CT molecular complexity index is 992. The van der Waals surface area contributed by atoms with E-state index in [1.807, 2.05) is 24.3 Å². The van der Waals surface area contributed by atoms with E-state index >= 15 is 0 Å². The van der Waals surface area contributed by atoms with Crippen molar-refractivity contribution in [2.75, 3.05) is 26.7 Å². The van der Waals surface area contributed by atoms with Crippen LogP contribution in [0.5, 0.6) is 5.75 Å². The molecule has 32 heavy (non-hydrogen) atoms. The number of ether oxygens (including phenoxy) is 1. The van der Waals surface area contributed by atoms with Crippen molar-refractivity contribution in [3.8, 4) is 11.8 Å². The number of nitrogens with zero attached hydrogens (tertiary/aromatic N) is 2. The van der Waals surface area contributed by atoms with Crippen molar-refractivity contribution in [3.05, 3.63) is 34.9 Å². The Hall–Kier alpha value is -3.34. The van der Waals surface area contributed by atoms with Crippen LogP contribution in [-0.2, 0) is 16.0 Å². The van der Waals surface area contributed by atoms with Crippen molar-refractivity contribution >= 4 is 23.8 Å². The Labute approximate surface area is 187 Å². The first kappa shape index (κ1) is 21.9. The van der Waals surface area contributed by atoms with Crippen molar-refractivity contribution in [1.82, 2.24) is 15.5 Å². The molecule has 1 heterocycles. The Morgan fingerprint density at radius 2 is 2.19 bits per heavy atom. The Morgan fingerprint density at radius 3 is 2.84 bits per heavy atom. The van der Waals surface area contributed by atoms with E-state index in [9.17, 15) is 19.6 Å². The maximum Gasteiger partial charge on any atom is 0.317 e. The number of methoxy groups -OCH3 is 1. The van der Waals surface area contributed by atoms with Gasteiger partial charge in [0.15, 0.2) is 5.78 Å². The van der Waals surface area contributed by atoms with Crippen molar-refractivity contribution < 1.29 is 19.1 Å². The van der Waals surface area contributed by atoms with Crippen LogP contribution in [0.1, 0.15) is 36.8 Å². The molecule has 1 aromatic carbocycles. The molecule has 1 aromatic rings. The minimum Gasteiger partial charge on any atom is -0.496 e. The molecule has 2 fully saturated rings. The van der Waals surface area contributed by atoms with Crippen LogP contribution in [-0.4, -0.2) is 55.4 Å². The van der Waals surface area contributed by atoms with Crippen LogP contribution in [0.2, 0.25) is 0 Å². The normalized spacial score (nSPS) is 18.8. The van der Waals surface area contributed by atoms with E-state index in [1.54, 1.807) is 12.0 Å². The van der Waals surface area contributed by atoms with E-state index in [0.29, 0.717) is 37.4 Å². The highest BCUT2D eigenvalue weighted by Gasteiger charge is 2.33. The van der Waals surface area contributed by atoms with Crippen LogP contribution in [0.15, 0.2) is 23.8 Å². The number of hydrogen-bond acceptors (Lipinski definition) is 5. The van der Waals surface area contributed by atoms with Crippen molar-refractivity contribution in [3.63, 3.8) is 0 Å². The van der Waals surface area contributed by atoms with Gasteiger partial charge in [-0.1, -0.05) is 25.0 Å². The molecule has 1 saturated heterocycles. The predicted molar refractivity (Wildman–Crippen MR) is 118 cm³/mol. The first-order chi connectivity index (χ1) is 15.5. The monoisotopic (exact) mass is 436 g/mol. The van der Waals surface area contributed by atoms with Gasteiger partial charge in [0.1, 0.15) is 5.75 Å². The van der Waals surface area contributed by atoms with Crippen LogP contribution in [0.3, 0.4) is 0 Å². The van der Waals surface area contributed by atoms with Crippen LogP contribution < -0.4 is 15.4 Å². The number of carbonyl (C=O) groups excluding carboxylic acids is 3. The molecule has 2 atom stereocenters. The van der Waals surface area contributed by atoms with Gasteiger partial charge in [-0.3, -0.25) is 9.59 Å². The third-order valence-electron chi connectivity index (χ3n) is 6.34. The highest BCUT2D eigenvalue weighted by atomic mass is 16.5. The number of amides is 3. The summed E-state index contributed by atoms with van der Waals surface area (Å²) >= 11 is 0. The van der Waals surface area contributed by atoms with Gasteiger partial charge in [-0.2, -0.15) is 5.26 Å². The Morgan fingerprint density at radius 1 is 1.38 bits per heavy atom. The number of Topliss-reactive ketones (excluding diaryl/α,β-unsaturated/α-hetero) is 1. The number of hydrogen-bond donors (Lipinski definition) is 2. The molecular formula is C24H28N4O4. The summed E-state index contributed by atoms with van der Waals surface area (Å²) in [6, 6.07) is 7.05. The molecule has 0 unspecified atom stereocenters. The maximum atomic E-state index is 13.1. The fourth-order valence-electron chi connectivity index (χ4n) is 4.36. The van der Waals surface area contributed by atoms with Crippen molar-refractivity contribution in [2.45, 2.75) is 38.1 Å². The summed E-state index contributed by atoms with van der Waals surface area (Å²) in [6.07, 6.45) is 5.04. The number of benzene rings is 1.